The minimum atomic E-state index is -0.404. The summed E-state index contributed by atoms with van der Waals surface area (Å²) in [5.41, 5.74) is 0. The number of hydrogen-bond donors (Lipinski definition) is 0. The largest absolute Gasteiger partial charge is 0.464 e. The molecule has 110 valence electrons. The smallest absolute Gasteiger partial charge is 0.328 e. The van der Waals surface area contributed by atoms with Crippen LogP contribution in [0.3, 0.4) is 0 Å². The van der Waals surface area contributed by atoms with Gasteiger partial charge in [0.05, 0.1) is 12.9 Å². The summed E-state index contributed by atoms with van der Waals surface area (Å²) in [7, 11) is 0. The van der Waals surface area contributed by atoms with Gasteiger partial charge in [-0.3, -0.25) is 4.79 Å². The normalized spacial score (nSPS) is 18.9. The second-order valence-electron chi connectivity index (χ2n) is 4.90. The Labute approximate surface area is 118 Å². The molecule has 1 unspecified atom stereocenters. The van der Waals surface area contributed by atoms with Crippen molar-refractivity contribution in [3.05, 3.63) is 18.7 Å². The fourth-order valence-electron chi connectivity index (χ4n) is 2.50. The second kappa shape index (κ2) is 7.07. The maximum Gasteiger partial charge on any atom is 0.328 e. The van der Waals surface area contributed by atoms with Crippen LogP contribution >= 0.6 is 0 Å². The lowest BCUT2D eigenvalue weighted by molar-refractivity contribution is -0.156. The molecule has 0 aromatic carbocycles. The van der Waals surface area contributed by atoms with Crippen LogP contribution in [-0.2, 0) is 20.9 Å². The van der Waals surface area contributed by atoms with Crippen LogP contribution in [0.2, 0.25) is 0 Å². The third-order valence-electron chi connectivity index (χ3n) is 3.52. The number of nitrogens with zero attached hydrogens (tertiary/aromatic N) is 3. The molecule has 1 aromatic heterocycles. The number of aryl methyl sites for hydroxylation is 1. The summed E-state index contributed by atoms with van der Waals surface area (Å²) in [6.07, 6.45) is 8.20. The van der Waals surface area contributed by atoms with Gasteiger partial charge in [-0.05, 0) is 26.2 Å². The molecule has 0 bridgehead atoms. The zero-order chi connectivity index (χ0) is 14.4. The SMILES string of the molecule is CCOC(=O)C1CCCCN1C(=O)CCn1ccnc1. The first kappa shape index (κ1) is 14.6. The highest BCUT2D eigenvalue weighted by molar-refractivity contribution is 5.84. The van der Waals surface area contributed by atoms with Crippen LogP contribution in [0, 0.1) is 0 Å². The van der Waals surface area contributed by atoms with Crippen molar-refractivity contribution in [1.82, 2.24) is 14.5 Å². The van der Waals surface area contributed by atoms with Crippen molar-refractivity contribution >= 4 is 11.9 Å². The van der Waals surface area contributed by atoms with Crippen molar-refractivity contribution in [3.63, 3.8) is 0 Å². The van der Waals surface area contributed by atoms with Crippen molar-refractivity contribution in [2.45, 2.75) is 45.2 Å². The van der Waals surface area contributed by atoms with Crippen LogP contribution in [0.15, 0.2) is 18.7 Å². The zero-order valence-corrected chi connectivity index (χ0v) is 11.8. The lowest BCUT2D eigenvalue weighted by Gasteiger charge is -2.34. The molecule has 6 nitrogen and oxygen atoms in total. The first-order chi connectivity index (χ1) is 9.72. The molecular formula is C14H21N3O3. The van der Waals surface area contributed by atoms with E-state index in [-0.39, 0.29) is 11.9 Å². The van der Waals surface area contributed by atoms with E-state index >= 15 is 0 Å². The molecule has 1 fully saturated rings. The van der Waals surface area contributed by atoms with Gasteiger partial charge >= 0.3 is 5.97 Å². The first-order valence-electron chi connectivity index (χ1n) is 7.14. The predicted molar refractivity (Wildman–Crippen MR) is 72.8 cm³/mol. The van der Waals surface area contributed by atoms with Crippen LogP contribution in [-0.4, -0.2) is 45.5 Å². The summed E-state index contributed by atoms with van der Waals surface area (Å²) in [6, 6.07) is -0.404. The Bertz CT molecular complexity index is 445. The molecule has 0 N–H and O–H groups in total. The molecule has 1 amide bonds. The summed E-state index contributed by atoms with van der Waals surface area (Å²) in [5.74, 6) is -0.264. The molecule has 0 aliphatic carbocycles. The Hall–Kier alpha value is -1.85. The van der Waals surface area contributed by atoms with E-state index < -0.39 is 6.04 Å². The number of likely N-dealkylation sites (tertiary alicyclic amines) is 1. The number of amides is 1. The molecule has 2 rings (SSSR count). The molecule has 6 heteroatoms. The Kier molecular flexibility index (Phi) is 5.15. The third kappa shape index (κ3) is 3.59. The van der Waals surface area contributed by atoms with E-state index in [0.29, 0.717) is 32.5 Å². The van der Waals surface area contributed by atoms with Gasteiger partial charge in [-0.25, -0.2) is 9.78 Å². The van der Waals surface area contributed by atoms with Crippen LogP contribution in [0.25, 0.3) is 0 Å². The topological polar surface area (TPSA) is 64.4 Å². The van der Waals surface area contributed by atoms with Crippen LogP contribution in [0.4, 0.5) is 0 Å². The Balaban J connectivity index is 1.92. The van der Waals surface area contributed by atoms with E-state index in [1.807, 2.05) is 10.8 Å². The summed E-state index contributed by atoms with van der Waals surface area (Å²) in [4.78, 5) is 29.8. The highest BCUT2D eigenvalue weighted by Gasteiger charge is 2.32. The zero-order valence-electron chi connectivity index (χ0n) is 11.8. The van der Waals surface area contributed by atoms with Crippen LogP contribution < -0.4 is 0 Å². The molecule has 1 saturated heterocycles. The van der Waals surface area contributed by atoms with E-state index in [2.05, 4.69) is 4.98 Å². The molecule has 0 saturated carbocycles. The van der Waals surface area contributed by atoms with Crippen LogP contribution in [0.5, 0.6) is 0 Å². The number of hydrogen-bond acceptors (Lipinski definition) is 4. The molecule has 1 atom stereocenters. The number of rotatable bonds is 5. The molecule has 1 aliphatic heterocycles. The van der Waals surface area contributed by atoms with E-state index in [0.717, 1.165) is 12.8 Å². The van der Waals surface area contributed by atoms with E-state index in [1.165, 1.54) is 0 Å². The van der Waals surface area contributed by atoms with Gasteiger partial charge in [-0.2, -0.15) is 0 Å². The molecule has 0 radical (unpaired) electrons. The molecule has 20 heavy (non-hydrogen) atoms. The fourth-order valence-corrected chi connectivity index (χ4v) is 2.50. The van der Waals surface area contributed by atoms with Gasteiger partial charge in [0.1, 0.15) is 6.04 Å². The highest BCUT2D eigenvalue weighted by atomic mass is 16.5. The van der Waals surface area contributed by atoms with Crippen molar-refractivity contribution in [2.75, 3.05) is 13.2 Å². The van der Waals surface area contributed by atoms with E-state index in [1.54, 1.807) is 24.3 Å². The predicted octanol–water partition coefficient (Wildman–Crippen LogP) is 1.22. The standard InChI is InChI=1S/C14H21N3O3/c1-2-20-14(19)12-5-3-4-8-17(12)13(18)6-9-16-10-7-15-11-16/h7,10-12H,2-6,8-9H2,1H3. The summed E-state index contributed by atoms with van der Waals surface area (Å²) >= 11 is 0. The quantitative estimate of drug-likeness (QED) is 0.760. The van der Waals surface area contributed by atoms with Gasteiger partial charge < -0.3 is 14.2 Å². The Morgan fingerprint density at radius 1 is 1.40 bits per heavy atom. The average Bonchev–Trinajstić information content (AvgIpc) is 2.98. The van der Waals surface area contributed by atoms with Gasteiger partial charge in [-0.15, -0.1) is 0 Å². The summed E-state index contributed by atoms with van der Waals surface area (Å²) < 4.78 is 6.93. The molecule has 0 spiro atoms. The third-order valence-corrected chi connectivity index (χ3v) is 3.52. The van der Waals surface area contributed by atoms with Crippen molar-refractivity contribution in [2.24, 2.45) is 0 Å². The Morgan fingerprint density at radius 3 is 2.95 bits per heavy atom. The molecular weight excluding hydrogens is 258 g/mol. The molecule has 1 aromatic rings. The molecule has 1 aliphatic rings. The average molecular weight is 279 g/mol. The Morgan fingerprint density at radius 2 is 2.25 bits per heavy atom. The lowest BCUT2D eigenvalue weighted by Crippen LogP contribution is -2.48. The van der Waals surface area contributed by atoms with Gasteiger partial charge in [-0.1, -0.05) is 0 Å². The van der Waals surface area contributed by atoms with Gasteiger partial charge in [0, 0.05) is 31.9 Å². The van der Waals surface area contributed by atoms with Crippen molar-refractivity contribution in [3.8, 4) is 0 Å². The lowest BCUT2D eigenvalue weighted by atomic mass is 10.0. The molecule has 2 heterocycles. The summed E-state index contributed by atoms with van der Waals surface area (Å²) in [6.45, 7) is 3.37. The fraction of sp³-hybridized carbons (Fsp3) is 0.643. The number of carbonyl (C=O) groups excluding carboxylic acids is 2. The minimum absolute atomic E-state index is 0.0106. The van der Waals surface area contributed by atoms with E-state index in [4.69, 9.17) is 4.74 Å². The van der Waals surface area contributed by atoms with Gasteiger partial charge in [0.25, 0.3) is 0 Å². The van der Waals surface area contributed by atoms with Crippen molar-refractivity contribution in [1.29, 1.82) is 0 Å². The minimum Gasteiger partial charge on any atom is -0.464 e. The van der Waals surface area contributed by atoms with Gasteiger partial charge in [0.2, 0.25) is 5.91 Å². The summed E-state index contributed by atoms with van der Waals surface area (Å²) in [5, 5.41) is 0. The maximum absolute atomic E-state index is 12.3. The van der Waals surface area contributed by atoms with Crippen molar-refractivity contribution < 1.29 is 14.3 Å². The highest BCUT2D eigenvalue weighted by Crippen LogP contribution is 2.19. The number of esters is 1. The number of ether oxygens (including phenoxy) is 1. The number of aromatic nitrogens is 2. The maximum atomic E-state index is 12.3. The number of carbonyl (C=O) groups is 2. The van der Waals surface area contributed by atoms with Gasteiger partial charge in [0.15, 0.2) is 0 Å². The number of piperidine rings is 1. The number of imidazole rings is 1. The van der Waals surface area contributed by atoms with E-state index in [9.17, 15) is 9.59 Å². The second-order valence-corrected chi connectivity index (χ2v) is 4.90. The first-order valence-corrected chi connectivity index (χ1v) is 7.14. The van der Waals surface area contributed by atoms with Crippen LogP contribution in [0.1, 0.15) is 32.6 Å². The monoisotopic (exact) mass is 279 g/mol.